The first kappa shape index (κ1) is 16.6. The highest BCUT2D eigenvalue weighted by atomic mass is 32.1. The molecule has 4 N–H and O–H groups in total. The first-order valence-electron chi connectivity index (χ1n) is 5.50. The molecule has 0 aromatic heterocycles. The molecule has 6 heteroatoms. The highest BCUT2D eigenvalue weighted by Gasteiger charge is 1.90. The predicted octanol–water partition coefficient (Wildman–Crippen LogP) is 2.36. The Kier molecular flexibility index (Phi) is 9.90. The lowest BCUT2D eigenvalue weighted by atomic mass is 10.3. The summed E-state index contributed by atoms with van der Waals surface area (Å²) in [4.78, 5) is 0. The molecule has 0 unspecified atom stereocenters. The minimum atomic E-state index is 0.0474. The van der Waals surface area contributed by atoms with Crippen LogP contribution in [0.5, 0.6) is 5.75 Å². The fourth-order valence-corrected chi connectivity index (χ4v) is 1.10. The molecule has 4 nitrogen and oxygen atoms in total. The Morgan fingerprint density at radius 2 is 1.72 bits per heavy atom. The monoisotopic (exact) mass is 286 g/mol. The summed E-state index contributed by atoms with van der Waals surface area (Å²) in [6.07, 6.45) is 2.14. The van der Waals surface area contributed by atoms with Crippen LogP contribution >= 0.6 is 24.4 Å². The maximum Gasteiger partial charge on any atom is 0.259 e. The molecule has 1 aromatic rings. The number of unbranched alkanes of at least 4 members (excludes halogenated alkanes) is 1. The zero-order valence-corrected chi connectivity index (χ0v) is 11.9. The lowest BCUT2D eigenvalue weighted by Gasteiger charge is -1.99. The van der Waals surface area contributed by atoms with Crippen molar-refractivity contribution in [3.8, 4) is 5.75 Å². The van der Waals surface area contributed by atoms with Crippen LogP contribution in [0.25, 0.3) is 0 Å². The normalized spacial score (nSPS) is 8.72. The molecule has 100 valence electrons. The van der Waals surface area contributed by atoms with E-state index in [0.29, 0.717) is 12.4 Å². The molecule has 0 fully saturated rings. The molecule has 0 saturated carbocycles. The van der Waals surface area contributed by atoms with E-state index in [2.05, 4.69) is 31.4 Å². The van der Waals surface area contributed by atoms with Gasteiger partial charge in [-0.1, -0.05) is 31.5 Å². The second-order valence-electron chi connectivity index (χ2n) is 3.26. The molecule has 0 spiro atoms. The van der Waals surface area contributed by atoms with Gasteiger partial charge in [-0.25, -0.2) is 0 Å². The zero-order chi connectivity index (χ0) is 13.8. The summed E-state index contributed by atoms with van der Waals surface area (Å²) in [6, 6.07) is 9.19. The van der Waals surface area contributed by atoms with E-state index < -0.39 is 0 Å². The summed E-state index contributed by atoms with van der Waals surface area (Å²) in [5, 5.41) is 0.199. The van der Waals surface area contributed by atoms with E-state index in [-0.39, 0.29) is 10.3 Å². The number of thiocarbonyl (C=S) groups is 2. The van der Waals surface area contributed by atoms with Gasteiger partial charge in [0.15, 0.2) is 0 Å². The molecule has 0 aliphatic rings. The van der Waals surface area contributed by atoms with E-state index in [0.717, 1.165) is 12.8 Å². The van der Waals surface area contributed by atoms with Crippen molar-refractivity contribution in [2.45, 2.75) is 19.8 Å². The van der Waals surface area contributed by atoms with E-state index in [1.54, 1.807) is 12.1 Å². The third-order valence-corrected chi connectivity index (χ3v) is 1.91. The van der Waals surface area contributed by atoms with Crippen LogP contribution in [-0.4, -0.2) is 17.0 Å². The number of hydrogen-bond acceptors (Lipinski definition) is 4. The second-order valence-corrected chi connectivity index (χ2v) is 4.06. The van der Waals surface area contributed by atoms with Gasteiger partial charge in [-0.05, 0) is 43.0 Å². The lowest BCUT2D eigenvalue weighted by molar-refractivity contribution is 0.300. The molecule has 0 bridgehead atoms. The Bertz CT molecular complexity index is 358. The highest BCUT2D eigenvalue weighted by Crippen LogP contribution is 2.07. The molecule has 18 heavy (non-hydrogen) atoms. The van der Waals surface area contributed by atoms with Crippen molar-refractivity contribution in [1.82, 2.24) is 0 Å². The Labute approximate surface area is 118 Å². The van der Waals surface area contributed by atoms with Crippen molar-refractivity contribution in [3.63, 3.8) is 0 Å². The van der Waals surface area contributed by atoms with Gasteiger partial charge in [-0.3, -0.25) is 0 Å². The summed E-state index contributed by atoms with van der Waals surface area (Å²) in [7, 11) is 0. The van der Waals surface area contributed by atoms with Gasteiger partial charge in [-0.15, -0.1) is 0 Å². The Morgan fingerprint density at radius 3 is 2.17 bits per heavy atom. The van der Waals surface area contributed by atoms with Crippen molar-refractivity contribution in [2.75, 3.05) is 6.61 Å². The Balaban J connectivity index is 0.000000331. The molecule has 1 rings (SSSR count). The van der Waals surface area contributed by atoms with Gasteiger partial charge in [0.1, 0.15) is 5.75 Å². The molecule has 1 aromatic carbocycles. The highest BCUT2D eigenvalue weighted by molar-refractivity contribution is 7.80. The smallest absolute Gasteiger partial charge is 0.259 e. The van der Waals surface area contributed by atoms with E-state index in [4.69, 9.17) is 20.9 Å². The van der Waals surface area contributed by atoms with Gasteiger partial charge >= 0.3 is 0 Å². The van der Waals surface area contributed by atoms with Crippen LogP contribution in [0.3, 0.4) is 0 Å². The largest absolute Gasteiger partial charge is 0.471 e. The molecule has 0 saturated heterocycles. The number of nitrogens with two attached hydrogens (primary N) is 2. The van der Waals surface area contributed by atoms with Crippen molar-refractivity contribution < 1.29 is 9.47 Å². The van der Waals surface area contributed by atoms with E-state index in [9.17, 15) is 0 Å². The fraction of sp³-hybridized carbons (Fsp3) is 0.333. The maximum atomic E-state index is 5.13. The molecule has 0 heterocycles. The van der Waals surface area contributed by atoms with Crippen molar-refractivity contribution in [2.24, 2.45) is 11.5 Å². The standard InChI is InChI=1S/C7H7NOS.C5H11NOS/c8-7(10)9-6-4-2-1-3-5-6;1-2-3-4-7-5(6)8/h1-5H,(H2,8,10);2-4H2,1H3,(H2,6,8). The van der Waals surface area contributed by atoms with Crippen molar-refractivity contribution >= 4 is 34.8 Å². The SMILES string of the molecule is CCCCOC(N)=S.NC(=S)Oc1ccccc1. The average Bonchev–Trinajstić information content (AvgIpc) is 2.30. The summed E-state index contributed by atoms with van der Waals surface area (Å²) in [6.45, 7) is 2.74. The molecular weight excluding hydrogens is 268 g/mol. The average molecular weight is 286 g/mol. The summed E-state index contributed by atoms with van der Waals surface area (Å²) >= 11 is 9.00. The van der Waals surface area contributed by atoms with Crippen LogP contribution in [0.15, 0.2) is 30.3 Å². The van der Waals surface area contributed by atoms with Crippen LogP contribution in [0.4, 0.5) is 0 Å². The van der Waals surface area contributed by atoms with Gasteiger partial charge in [0.05, 0.1) is 6.61 Å². The third kappa shape index (κ3) is 11.1. The number of ether oxygens (including phenoxy) is 2. The number of benzene rings is 1. The molecule has 0 aliphatic carbocycles. The molecule has 0 radical (unpaired) electrons. The van der Waals surface area contributed by atoms with E-state index >= 15 is 0 Å². The first-order valence-corrected chi connectivity index (χ1v) is 6.32. The number of rotatable bonds is 4. The zero-order valence-electron chi connectivity index (χ0n) is 10.3. The summed E-state index contributed by atoms with van der Waals surface area (Å²) in [5.41, 5.74) is 10.2. The molecule has 0 amide bonds. The molecular formula is C12H18N2O2S2. The molecule has 0 atom stereocenters. The van der Waals surface area contributed by atoms with Gasteiger partial charge in [0.2, 0.25) is 0 Å². The van der Waals surface area contributed by atoms with Gasteiger partial charge in [-0.2, -0.15) is 0 Å². The summed E-state index contributed by atoms with van der Waals surface area (Å²) in [5.74, 6) is 0.676. The number of para-hydroxylation sites is 1. The van der Waals surface area contributed by atoms with E-state index in [1.165, 1.54) is 0 Å². The first-order chi connectivity index (χ1) is 8.56. The minimum Gasteiger partial charge on any atom is -0.471 e. The fourth-order valence-electron chi connectivity index (χ4n) is 0.922. The van der Waals surface area contributed by atoms with E-state index in [1.807, 2.05) is 18.2 Å². The van der Waals surface area contributed by atoms with Crippen LogP contribution in [0.2, 0.25) is 0 Å². The Morgan fingerprint density at radius 1 is 1.11 bits per heavy atom. The van der Waals surface area contributed by atoms with Crippen LogP contribution in [0, 0.1) is 0 Å². The minimum absolute atomic E-state index is 0.0474. The van der Waals surface area contributed by atoms with Gasteiger partial charge in [0.25, 0.3) is 10.3 Å². The second kappa shape index (κ2) is 10.7. The third-order valence-electron chi connectivity index (χ3n) is 1.70. The summed E-state index contributed by atoms with van der Waals surface area (Å²) < 4.78 is 9.71. The predicted molar refractivity (Wildman–Crippen MR) is 81.5 cm³/mol. The number of hydrogen-bond donors (Lipinski definition) is 2. The van der Waals surface area contributed by atoms with Gasteiger partial charge < -0.3 is 20.9 Å². The Hall–Kier alpha value is -1.40. The maximum absolute atomic E-state index is 5.13. The van der Waals surface area contributed by atoms with Crippen molar-refractivity contribution in [1.29, 1.82) is 0 Å². The molecule has 0 aliphatic heterocycles. The topological polar surface area (TPSA) is 70.5 Å². The van der Waals surface area contributed by atoms with Crippen LogP contribution < -0.4 is 16.2 Å². The van der Waals surface area contributed by atoms with Crippen LogP contribution in [-0.2, 0) is 4.74 Å². The lowest BCUT2D eigenvalue weighted by Crippen LogP contribution is -2.15. The quantitative estimate of drug-likeness (QED) is 0.654. The van der Waals surface area contributed by atoms with Gasteiger partial charge in [0, 0.05) is 0 Å². The van der Waals surface area contributed by atoms with Crippen molar-refractivity contribution in [3.05, 3.63) is 30.3 Å². The van der Waals surface area contributed by atoms with Crippen LogP contribution in [0.1, 0.15) is 19.8 Å².